The van der Waals surface area contributed by atoms with Crippen molar-refractivity contribution >= 4 is 39.5 Å². The van der Waals surface area contributed by atoms with E-state index < -0.39 is 26.8 Å². The van der Waals surface area contributed by atoms with Gasteiger partial charge in [0.1, 0.15) is 17.4 Å². The van der Waals surface area contributed by atoms with E-state index in [0.29, 0.717) is 15.6 Å². The van der Waals surface area contributed by atoms with Crippen molar-refractivity contribution in [1.29, 1.82) is 5.26 Å². The number of halogens is 1. The van der Waals surface area contributed by atoms with E-state index in [9.17, 15) is 30.3 Å². The number of rotatable bonds is 8. The molecule has 14 heteroatoms. The van der Waals surface area contributed by atoms with E-state index >= 15 is 0 Å². The molecule has 38 heavy (non-hydrogen) atoms. The number of nitro benzene ring substituents is 2. The molecule has 0 aliphatic carbocycles. The molecule has 0 amide bonds. The number of non-ortho nitro benzene ring substituents is 1. The van der Waals surface area contributed by atoms with Gasteiger partial charge in [-0.2, -0.15) is 10.4 Å². The molecular formula is C24H14BrN7O6. The van der Waals surface area contributed by atoms with Crippen LogP contribution >= 0.6 is 15.9 Å². The van der Waals surface area contributed by atoms with E-state index in [1.165, 1.54) is 12.3 Å². The second-order valence-electron chi connectivity index (χ2n) is 7.44. The molecule has 1 aromatic heterocycles. The first kappa shape index (κ1) is 25.7. The molecule has 0 atom stereocenters. The van der Waals surface area contributed by atoms with Crippen LogP contribution in [0, 0.1) is 31.6 Å². The van der Waals surface area contributed by atoms with Gasteiger partial charge >= 0.3 is 5.69 Å². The quantitative estimate of drug-likeness (QED) is 0.163. The van der Waals surface area contributed by atoms with Crippen molar-refractivity contribution in [3.63, 3.8) is 0 Å². The number of hydrogen-bond donors (Lipinski definition) is 2. The Balaban J connectivity index is 1.64. The zero-order valence-corrected chi connectivity index (χ0v) is 20.6. The van der Waals surface area contributed by atoms with Crippen LogP contribution in [0.3, 0.4) is 0 Å². The van der Waals surface area contributed by atoms with Gasteiger partial charge in [-0.1, -0.05) is 46.3 Å². The standard InChI is InChI=1S/C24H14BrN7O6/c25-16-6-8-20(38-21-9-7-17(31(34)35)11-19(21)32(36)37)15(10-16)13-27-30-24-28-22(14-4-2-1-3-5-14)18(12-26)23(33)29-24/h1-11,13H,(H2,28,29,30,33). The van der Waals surface area contributed by atoms with Crippen LogP contribution in [0.5, 0.6) is 11.5 Å². The molecule has 4 aromatic rings. The van der Waals surface area contributed by atoms with Crippen molar-refractivity contribution in [1.82, 2.24) is 9.97 Å². The molecule has 13 nitrogen and oxygen atoms in total. The monoisotopic (exact) mass is 575 g/mol. The summed E-state index contributed by atoms with van der Waals surface area (Å²) in [5, 5.41) is 35.9. The highest BCUT2D eigenvalue weighted by Crippen LogP contribution is 2.36. The number of anilines is 1. The third-order valence-corrected chi connectivity index (χ3v) is 5.49. The minimum Gasteiger partial charge on any atom is -0.449 e. The number of aromatic nitrogens is 2. The predicted octanol–water partition coefficient (Wildman–Crippen LogP) is 5.13. The van der Waals surface area contributed by atoms with E-state index in [4.69, 9.17) is 4.74 Å². The van der Waals surface area contributed by atoms with Crippen molar-refractivity contribution in [2.45, 2.75) is 0 Å². The molecule has 3 aromatic carbocycles. The van der Waals surface area contributed by atoms with E-state index in [2.05, 4.69) is 36.4 Å². The lowest BCUT2D eigenvalue weighted by Crippen LogP contribution is -2.16. The lowest BCUT2D eigenvalue weighted by Gasteiger charge is -2.10. The summed E-state index contributed by atoms with van der Waals surface area (Å²) in [6, 6.07) is 18.3. The van der Waals surface area contributed by atoms with Gasteiger partial charge in [-0.05, 0) is 24.3 Å². The Hall–Kier alpha value is -5.42. The maximum absolute atomic E-state index is 12.4. The molecule has 0 fully saturated rings. The molecule has 0 aliphatic heterocycles. The van der Waals surface area contributed by atoms with Gasteiger partial charge in [0, 0.05) is 21.7 Å². The van der Waals surface area contributed by atoms with Crippen LogP contribution in [0.15, 0.2) is 81.1 Å². The summed E-state index contributed by atoms with van der Waals surface area (Å²) in [6.07, 6.45) is 1.32. The highest BCUT2D eigenvalue weighted by Gasteiger charge is 2.22. The van der Waals surface area contributed by atoms with Gasteiger partial charge in [0.25, 0.3) is 11.2 Å². The Morgan fingerprint density at radius 3 is 2.47 bits per heavy atom. The lowest BCUT2D eigenvalue weighted by atomic mass is 10.1. The molecule has 1 heterocycles. The maximum Gasteiger partial charge on any atom is 0.318 e. The molecule has 0 spiro atoms. The van der Waals surface area contributed by atoms with Crippen molar-refractivity contribution in [2.75, 3.05) is 5.43 Å². The Kier molecular flexibility index (Phi) is 7.50. The van der Waals surface area contributed by atoms with Crippen LogP contribution in [0.25, 0.3) is 11.3 Å². The molecule has 0 saturated carbocycles. The van der Waals surface area contributed by atoms with E-state index in [0.717, 1.165) is 18.2 Å². The first-order chi connectivity index (χ1) is 18.3. The Morgan fingerprint density at radius 2 is 1.79 bits per heavy atom. The smallest absolute Gasteiger partial charge is 0.318 e. The molecule has 0 unspecified atom stereocenters. The molecule has 0 radical (unpaired) electrons. The van der Waals surface area contributed by atoms with Crippen LogP contribution in [-0.2, 0) is 0 Å². The number of H-pyrrole nitrogens is 1. The number of nitriles is 1. The van der Waals surface area contributed by atoms with Crippen LogP contribution in [0.1, 0.15) is 11.1 Å². The van der Waals surface area contributed by atoms with Crippen LogP contribution in [-0.4, -0.2) is 26.0 Å². The number of aromatic amines is 1. The third-order valence-electron chi connectivity index (χ3n) is 4.99. The normalized spacial score (nSPS) is 10.6. The first-order valence-corrected chi connectivity index (χ1v) is 11.3. The molecule has 188 valence electrons. The fourth-order valence-electron chi connectivity index (χ4n) is 3.28. The van der Waals surface area contributed by atoms with Crippen molar-refractivity contribution in [3.8, 4) is 28.8 Å². The number of nitrogens with zero attached hydrogens (tertiary/aromatic N) is 5. The number of nitrogens with one attached hydrogen (secondary N) is 2. The van der Waals surface area contributed by atoms with Gasteiger partial charge in [-0.3, -0.25) is 30.0 Å². The summed E-state index contributed by atoms with van der Waals surface area (Å²) >= 11 is 3.33. The fraction of sp³-hybridized carbons (Fsp3) is 0. The molecule has 0 aliphatic rings. The minimum absolute atomic E-state index is 0.0347. The van der Waals surface area contributed by atoms with E-state index in [-0.39, 0.29) is 28.7 Å². The summed E-state index contributed by atoms with van der Waals surface area (Å²) in [7, 11) is 0. The van der Waals surface area contributed by atoms with Crippen LogP contribution in [0.2, 0.25) is 0 Å². The van der Waals surface area contributed by atoms with Crippen LogP contribution < -0.4 is 15.7 Å². The van der Waals surface area contributed by atoms with Crippen molar-refractivity contribution < 1.29 is 14.6 Å². The number of benzene rings is 3. The summed E-state index contributed by atoms with van der Waals surface area (Å²) in [5.41, 5.74) is 1.84. The zero-order chi connectivity index (χ0) is 27.2. The van der Waals surface area contributed by atoms with Gasteiger partial charge in [-0.25, -0.2) is 10.4 Å². The highest BCUT2D eigenvalue weighted by molar-refractivity contribution is 9.10. The number of nitro groups is 2. The van der Waals surface area contributed by atoms with Gasteiger partial charge in [0.05, 0.1) is 27.8 Å². The van der Waals surface area contributed by atoms with Crippen molar-refractivity contribution in [2.24, 2.45) is 5.10 Å². The van der Waals surface area contributed by atoms with Gasteiger partial charge in [-0.15, -0.1) is 0 Å². The summed E-state index contributed by atoms with van der Waals surface area (Å²) < 4.78 is 6.35. The second-order valence-corrected chi connectivity index (χ2v) is 8.35. The van der Waals surface area contributed by atoms with Gasteiger partial charge in [0.15, 0.2) is 0 Å². The van der Waals surface area contributed by atoms with Gasteiger partial charge < -0.3 is 4.74 Å². The molecular weight excluding hydrogens is 562 g/mol. The Bertz CT molecular complexity index is 1680. The molecule has 0 saturated heterocycles. The first-order valence-electron chi connectivity index (χ1n) is 10.6. The van der Waals surface area contributed by atoms with E-state index in [1.54, 1.807) is 42.5 Å². The maximum atomic E-state index is 12.4. The Labute approximate surface area is 221 Å². The summed E-state index contributed by atoms with van der Waals surface area (Å²) in [5.74, 6) is -0.0920. The molecule has 4 rings (SSSR count). The molecule has 2 N–H and O–H groups in total. The molecule has 0 bridgehead atoms. The SMILES string of the molecule is N#Cc1c(-c2ccccc2)nc(NN=Cc2cc(Br)ccc2Oc2ccc([N+](=O)[O-])cc2[N+](=O)[O-])[nH]c1=O. The number of hydrazone groups is 1. The predicted molar refractivity (Wildman–Crippen MR) is 140 cm³/mol. The summed E-state index contributed by atoms with van der Waals surface area (Å²) in [4.78, 5) is 40.1. The average Bonchev–Trinajstić information content (AvgIpc) is 2.90. The number of ether oxygens (including phenoxy) is 1. The lowest BCUT2D eigenvalue weighted by molar-refractivity contribution is -0.394. The van der Waals surface area contributed by atoms with Crippen molar-refractivity contribution in [3.05, 3.63) is 113 Å². The fourth-order valence-corrected chi connectivity index (χ4v) is 3.66. The average molecular weight is 576 g/mol. The third kappa shape index (κ3) is 5.69. The summed E-state index contributed by atoms with van der Waals surface area (Å²) in [6.45, 7) is 0. The van der Waals surface area contributed by atoms with Gasteiger partial charge in [0.2, 0.25) is 11.7 Å². The number of hydrogen-bond acceptors (Lipinski definition) is 10. The largest absolute Gasteiger partial charge is 0.449 e. The second kappa shape index (κ2) is 11.1. The van der Waals surface area contributed by atoms with Crippen LogP contribution in [0.4, 0.5) is 17.3 Å². The Morgan fingerprint density at radius 1 is 1.05 bits per heavy atom. The topological polar surface area (TPSA) is 189 Å². The minimum atomic E-state index is -0.784. The highest BCUT2D eigenvalue weighted by atomic mass is 79.9. The van der Waals surface area contributed by atoms with E-state index in [1.807, 2.05) is 6.07 Å². The zero-order valence-electron chi connectivity index (χ0n) is 19.0.